The van der Waals surface area contributed by atoms with Gasteiger partial charge in [-0.1, -0.05) is 30.2 Å². The van der Waals surface area contributed by atoms with Crippen molar-refractivity contribution in [2.75, 3.05) is 26.2 Å². The minimum atomic E-state index is -0.215. The molecule has 0 aliphatic carbocycles. The van der Waals surface area contributed by atoms with E-state index in [2.05, 4.69) is 25.5 Å². The minimum absolute atomic E-state index is 0.215. The molecule has 7 heteroatoms. The number of halogens is 2. The van der Waals surface area contributed by atoms with E-state index in [4.69, 9.17) is 11.6 Å². The molecule has 3 rings (SSSR count). The Morgan fingerprint density at radius 3 is 2.53 bits per heavy atom. The zero-order valence-corrected chi connectivity index (χ0v) is 18.6. The van der Waals surface area contributed by atoms with Crippen LogP contribution in [0.25, 0.3) is 11.0 Å². The molecule has 5 nitrogen and oxygen atoms in total. The van der Waals surface area contributed by atoms with Crippen LogP contribution in [0.1, 0.15) is 32.8 Å². The Labute approximate surface area is 182 Å². The van der Waals surface area contributed by atoms with Crippen LogP contribution in [0.5, 0.6) is 0 Å². The predicted octanol–water partition coefficient (Wildman–Crippen LogP) is 4.72. The molecule has 0 saturated carbocycles. The fourth-order valence-corrected chi connectivity index (χ4v) is 3.63. The summed E-state index contributed by atoms with van der Waals surface area (Å²) in [5, 5.41) is 7.34. The lowest BCUT2D eigenvalue weighted by Gasteiger charge is -2.33. The van der Waals surface area contributed by atoms with Crippen molar-refractivity contribution in [1.29, 1.82) is 0 Å². The molecule has 2 N–H and O–H groups in total. The van der Waals surface area contributed by atoms with E-state index in [0.717, 1.165) is 60.5 Å². The summed E-state index contributed by atoms with van der Waals surface area (Å²) in [5.41, 5.74) is 4.79. The zero-order valence-electron chi connectivity index (χ0n) is 17.8. The van der Waals surface area contributed by atoms with Gasteiger partial charge in [0, 0.05) is 50.1 Å². The highest BCUT2D eigenvalue weighted by molar-refractivity contribution is 6.32. The molecule has 0 spiro atoms. The van der Waals surface area contributed by atoms with Gasteiger partial charge in [-0.3, -0.25) is 9.97 Å². The molecule has 0 bridgehead atoms. The first-order valence-electron chi connectivity index (χ1n) is 10.4. The van der Waals surface area contributed by atoms with Crippen molar-refractivity contribution in [3.8, 4) is 0 Å². The van der Waals surface area contributed by atoms with E-state index in [1.54, 1.807) is 18.5 Å². The largest absolute Gasteiger partial charge is 0.379 e. The summed E-state index contributed by atoms with van der Waals surface area (Å²) in [6.45, 7) is 9.54. The van der Waals surface area contributed by atoms with Gasteiger partial charge in [0.25, 0.3) is 0 Å². The minimum Gasteiger partial charge on any atom is -0.379 e. The van der Waals surface area contributed by atoms with Gasteiger partial charge in [0.15, 0.2) is 0 Å². The third-order valence-corrected chi connectivity index (χ3v) is 5.59. The van der Waals surface area contributed by atoms with Crippen LogP contribution in [0.4, 0.5) is 4.39 Å². The van der Waals surface area contributed by atoms with E-state index in [-0.39, 0.29) is 5.83 Å². The summed E-state index contributed by atoms with van der Waals surface area (Å²) in [7, 11) is 0. The highest BCUT2D eigenvalue weighted by Crippen LogP contribution is 2.25. The number of allylic oxidation sites excluding steroid dienone is 4. The Bertz CT molecular complexity index is 977. The van der Waals surface area contributed by atoms with Crippen LogP contribution >= 0.6 is 11.6 Å². The molecule has 0 radical (unpaired) electrons. The SMILES string of the molecule is C\C=C(NCc1cc2nccnc2cc1Cl)/C(=C(F)\C=C(/C)CC)N1CCNCC1. The summed E-state index contributed by atoms with van der Waals surface area (Å²) in [4.78, 5) is 10.7. The maximum Gasteiger partial charge on any atom is 0.148 e. The fraction of sp³-hybridized carbons (Fsp3) is 0.391. The maximum absolute atomic E-state index is 15.4. The van der Waals surface area contributed by atoms with Crippen LogP contribution in [0, 0.1) is 0 Å². The molecule has 2 heterocycles. The van der Waals surface area contributed by atoms with E-state index in [0.29, 0.717) is 17.3 Å². The molecule has 160 valence electrons. The number of hydrogen-bond donors (Lipinski definition) is 2. The van der Waals surface area contributed by atoms with Crippen molar-refractivity contribution < 1.29 is 4.39 Å². The first-order valence-corrected chi connectivity index (χ1v) is 10.7. The Morgan fingerprint density at radius 2 is 1.90 bits per heavy atom. The topological polar surface area (TPSA) is 53.1 Å². The number of piperazine rings is 1. The van der Waals surface area contributed by atoms with Crippen LogP contribution in [-0.2, 0) is 6.54 Å². The molecule has 0 atom stereocenters. The van der Waals surface area contributed by atoms with Gasteiger partial charge in [-0.15, -0.1) is 0 Å². The number of fused-ring (bicyclic) bond motifs is 1. The summed E-state index contributed by atoms with van der Waals surface area (Å²) < 4.78 is 15.4. The monoisotopic (exact) mass is 429 g/mol. The van der Waals surface area contributed by atoms with Gasteiger partial charge in [-0.05, 0) is 44.0 Å². The first kappa shape index (κ1) is 22.2. The van der Waals surface area contributed by atoms with Crippen molar-refractivity contribution in [1.82, 2.24) is 25.5 Å². The van der Waals surface area contributed by atoms with Crippen LogP contribution in [0.2, 0.25) is 5.02 Å². The Morgan fingerprint density at radius 1 is 1.23 bits per heavy atom. The first-order chi connectivity index (χ1) is 14.5. The molecule has 1 fully saturated rings. The predicted molar refractivity (Wildman–Crippen MR) is 122 cm³/mol. The van der Waals surface area contributed by atoms with Gasteiger partial charge in [0.2, 0.25) is 0 Å². The third kappa shape index (κ3) is 5.37. The number of nitrogens with one attached hydrogen (secondary N) is 2. The van der Waals surface area contributed by atoms with Gasteiger partial charge in [0.1, 0.15) is 5.83 Å². The summed E-state index contributed by atoms with van der Waals surface area (Å²) in [5.74, 6) is -0.215. The molecule has 1 aliphatic heterocycles. The van der Waals surface area contributed by atoms with Crippen molar-refractivity contribution >= 4 is 22.6 Å². The van der Waals surface area contributed by atoms with E-state index in [1.165, 1.54) is 0 Å². The quantitative estimate of drug-likeness (QED) is 0.624. The molecule has 0 amide bonds. The standard InChI is InChI=1S/C23H29ClFN5/c1-4-16(3)12-19(25)23(30-10-8-26-9-11-30)20(5-2)29-15-17-13-21-22(14-18(17)24)28-7-6-27-21/h5-7,12-14,26,29H,4,8-11,15H2,1-3H3/b16-12+,20-5+,23-19-. The molecule has 2 aromatic rings. The second kappa shape index (κ2) is 10.5. The van der Waals surface area contributed by atoms with Crippen LogP contribution in [0.3, 0.4) is 0 Å². The van der Waals surface area contributed by atoms with E-state index in [1.807, 2.05) is 39.0 Å². The van der Waals surface area contributed by atoms with Crippen LogP contribution in [0.15, 0.2) is 59.5 Å². The fourth-order valence-electron chi connectivity index (χ4n) is 3.40. The normalized spacial score (nSPS) is 16.6. The lowest BCUT2D eigenvalue weighted by Crippen LogP contribution is -2.44. The molecule has 0 unspecified atom stereocenters. The van der Waals surface area contributed by atoms with Crippen molar-refractivity contribution in [2.24, 2.45) is 0 Å². The third-order valence-electron chi connectivity index (χ3n) is 5.24. The number of hydrogen-bond acceptors (Lipinski definition) is 5. The average molecular weight is 430 g/mol. The summed E-state index contributed by atoms with van der Waals surface area (Å²) in [6.07, 6.45) is 7.68. The zero-order chi connectivity index (χ0) is 21.5. The van der Waals surface area contributed by atoms with E-state index in [9.17, 15) is 0 Å². The van der Waals surface area contributed by atoms with Crippen molar-refractivity contribution in [3.63, 3.8) is 0 Å². The van der Waals surface area contributed by atoms with Gasteiger partial charge >= 0.3 is 0 Å². The number of aromatic nitrogens is 2. The summed E-state index contributed by atoms with van der Waals surface area (Å²) >= 11 is 6.47. The van der Waals surface area contributed by atoms with Crippen molar-refractivity contribution in [3.05, 3.63) is 70.1 Å². The van der Waals surface area contributed by atoms with Gasteiger partial charge in [0.05, 0.1) is 22.4 Å². The molecule has 1 aromatic heterocycles. The lowest BCUT2D eigenvalue weighted by atomic mass is 10.1. The highest BCUT2D eigenvalue weighted by atomic mass is 35.5. The Hall–Kier alpha value is -2.44. The Kier molecular flexibility index (Phi) is 7.82. The van der Waals surface area contributed by atoms with Crippen LogP contribution < -0.4 is 10.6 Å². The molecule has 1 aromatic carbocycles. The Balaban J connectivity index is 1.89. The molecule has 1 aliphatic rings. The van der Waals surface area contributed by atoms with Gasteiger partial charge in [-0.25, -0.2) is 4.39 Å². The molecule has 1 saturated heterocycles. The molecular formula is C23H29ClFN5. The van der Waals surface area contributed by atoms with E-state index < -0.39 is 0 Å². The number of nitrogens with zero attached hydrogens (tertiary/aromatic N) is 3. The summed E-state index contributed by atoms with van der Waals surface area (Å²) in [6, 6.07) is 3.74. The second-order valence-corrected chi connectivity index (χ2v) is 7.73. The number of benzene rings is 1. The second-order valence-electron chi connectivity index (χ2n) is 7.32. The van der Waals surface area contributed by atoms with Crippen molar-refractivity contribution in [2.45, 2.75) is 33.7 Å². The number of rotatable bonds is 7. The lowest BCUT2D eigenvalue weighted by molar-refractivity contribution is 0.293. The maximum atomic E-state index is 15.4. The highest BCUT2D eigenvalue weighted by Gasteiger charge is 2.20. The van der Waals surface area contributed by atoms with E-state index >= 15 is 4.39 Å². The smallest absolute Gasteiger partial charge is 0.148 e. The molecular weight excluding hydrogens is 401 g/mol. The van der Waals surface area contributed by atoms with Crippen LogP contribution in [-0.4, -0.2) is 41.0 Å². The average Bonchev–Trinajstić information content (AvgIpc) is 2.76. The van der Waals surface area contributed by atoms with Gasteiger partial charge < -0.3 is 15.5 Å². The van der Waals surface area contributed by atoms with Gasteiger partial charge in [-0.2, -0.15) is 0 Å². The molecule has 30 heavy (non-hydrogen) atoms.